The second-order valence-electron chi connectivity index (χ2n) is 31.9. The van der Waals surface area contributed by atoms with Gasteiger partial charge in [-0.2, -0.15) is 0 Å². The van der Waals surface area contributed by atoms with Crippen LogP contribution in [0.3, 0.4) is 0 Å². The van der Waals surface area contributed by atoms with Crippen LogP contribution in [-0.4, -0.2) is 557 Å². The van der Waals surface area contributed by atoms with Gasteiger partial charge in [-0.25, -0.2) is 19.2 Å². The number of carboxylic acids is 4. The Labute approximate surface area is 735 Å². The van der Waals surface area contributed by atoms with E-state index >= 15 is 0 Å². The standard InChI is InChI=1S/C70H113N5O56/c1-18(86)71-35-21(89)5-69(65(113)114,128-53(35)40(98)24(92)7-76)130-57-43(101)27(10-79)119-61(48(57)106)124-52-39(72-19(2)87)60(121-31(45(52)103)17-117-67(63(109)110)3-20(88)36(73-32(95)14-83)54(126-67)41(99)25(93)8-77)123-51-30(13-82)120-62(122-50-29(12-81)118-59(108)47(105)46(50)104)49(107)58(51)131-70(66(115)116)6-23(91)38(75-34(97)16-85)56(129-70)44(102)28(11-80)125-68(64(111)112)4-22(90)37(74-33(96)15-84)55(127-68)42(100)26(94)9-78/h20-31,35-62,76-85,88-94,98-108H,3-17H2,1-2H3,(H,71,86)(H,72,87)(H,73,95)(H,74,96)(H,75,97)(H,109,110)(H,111,112)(H,113,114)(H,115,116)/t20-,21-,22-,23-,24+,25+,26+,27+,28+,29+,30+,31+,35+,36+,37+,38+,39+,40+,41+,42+,43-,44+,45-,46+,47+,48+,49+,50+,51-,52+,53+,54+,55+,56+,57-,58+,59+,60-,61-,62-,67+,68+,69-,70-/m0/s1. The molecule has 37 N–H and O–H groups in total. The number of nitrogens with one attached hydrogen (secondary N) is 5. The predicted molar refractivity (Wildman–Crippen MR) is 395 cm³/mol. The van der Waals surface area contributed by atoms with Gasteiger partial charge in [0.25, 0.3) is 23.1 Å². The Kier molecular flexibility index (Phi) is 39.0. The molecule has 61 nitrogen and oxygen atoms in total. The van der Waals surface area contributed by atoms with Gasteiger partial charge < -0.3 is 261 Å². The minimum atomic E-state index is -4.02. The number of carbonyl (C=O) groups is 9. The van der Waals surface area contributed by atoms with Crippen LogP contribution in [0.25, 0.3) is 0 Å². The molecule has 8 rings (SSSR count). The van der Waals surface area contributed by atoms with Crippen LogP contribution >= 0.6 is 0 Å². The van der Waals surface area contributed by atoms with E-state index in [4.69, 9.17) is 71.1 Å². The van der Waals surface area contributed by atoms with Crippen molar-refractivity contribution in [1.82, 2.24) is 26.6 Å². The summed E-state index contributed by atoms with van der Waals surface area (Å²) in [6, 6.07) is -11.1. The second-order valence-corrected chi connectivity index (χ2v) is 31.9. The maximum Gasteiger partial charge on any atom is 0.364 e. The average molecular weight is 1920 g/mol. The van der Waals surface area contributed by atoms with Crippen molar-refractivity contribution < 1.29 is 278 Å². The van der Waals surface area contributed by atoms with Gasteiger partial charge in [0.05, 0.1) is 101 Å². The number of carboxylic acid groups (broad SMARTS) is 4. The van der Waals surface area contributed by atoms with Gasteiger partial charge in [0.1, 0.15) is 191 Å². The summed E-state index contributed by atoms with van der Waals surface area (Å²) in [5.41, 5.74) is 0. The first-order chi connectivity index (χ1) is 61.5. The zero-order valence-corrected chi connectivity index (χ0v) is 68.8. The summed E-state index contributed by atoms with van der Waals surface area (Å²) >= 11 is 0. The number of rotatable bonds is 42. The third-order valence-electron chi connectivity index (χ3n) is 22.9. The molecule has 61 heteroatoms. The number of aliphatic hydroxyl groups excluding tert-OH is 28. The number of aliphatic carboxylic acids is 4. The summed E-state index contributed by atoms with van der Waals surface area (Å²) in [5.74, 6) is -31.0. The van der Waals surface area contributed by atoms with Crippen LogP contribution in [0.15, 0.2) is 0 Å². The Morgan fingerprint density at radius 3 is 1.08 bits per heavy atom. The highest BCUT2D eigenvalue weighted by Crippen LogP contribution is 2.45. The molecule has 754 valence electrons. The highest BCUT2D eigenvalue weighted by atomic mass is 16.8. The van der Waals surface area contributed by atoms with Crippen molar-refractivity contribution in [1.29, 1.82) is 0 Å². The predicted octanol–water partition coefficient (Wildman–Crippen LogP) is -24.0. The number of hydrogen-bond acceptors (Lipinski definition) is 52. The van der Waals surface area contributed by atoms with E-state index in [1.807, 2.05) is 16.0 Å². The van der Waals surface area contributed by atoms with Gasteiger partial charge in [-0.1, -0.05) is 0 Å². The maximum atomic E-state index is 14.5. The molecule has 8 saturated heterocycles. The number of carbonyl (C=O) groups excluding carboxylic acids is 5. The van der Waals surface area contributed by atoms with Gasteiger partial charge in [0.2, 0.25) is 29.5 Å². The lowest BCUT2D eigenvalue weighted by Crippen LogP contribution is -2.73. The lowest BCUT2D eigenvalue weighted by molar-refractivity contribution is -0.406. The fourth-order valence-electron chi connectivity index (χ4n) is 16.2. The van der Waals surface area contributed by atoms with Gasteiger partial charge in [0.15, 0.2) is 25.2 Å². The molecule has 0 aromatic carbocycles. The molecule has 8 aliphatic rings. The summed E-state index contributed by atoms with van der Waals surface area (Å²) in [6.07, 6.45) is -96.8. The number of hydrogen-bond donors (Lipinski definition) is 37. The molecule has 8 fully saturated rings. The SMILES string of the molecule is CC(=O)N[C@H]1[C@H](O[C@@H]2[C@H](O[C@]3(C(=O)O)C[C@H](O)[C@@H](NC(=O)CO)[C@H]([C@H](O)[C@@H](CO)O[C@]4(C(=O)O)C[C@H](O)[C@@H](NC(=O)CO)[C@H]([C@H](O)[C@H](O)CO)O4)O3)[C@@H](O)[C@H](O[C@H]3[C@H](O)[C@@H](O)[C@H](O)O[C@@H]3CO)O[C@@H]2CO)O[C@H](CO[C@]2(C(=O)O)C[C@H](O)[C@@H](NC(=O)CO)[C@H]([C@H](O)[C@H](O)CO)O2)[C@H](O)[C@@H]1O[C@@H]1O[C@H](CO)[C@H](O)[C@H](O[C@]2(C(=O)O)C[C@H](O)[C@@H](NC(C)=O)[C@H]([C@H](O)[C@H](O)CO)O2)[C@H]1O. The molecule has 0 spiro atoms. The first-order valence-electron chi connectivity index (χ1n) is 40.1. The van der Waals surface area contributed by atoms with Crippen molar-refractivity contribution in [2.45, 2.75) is 307 Å². The molecular weight excluding hydrogens is 1810 g/mol. The van der Waals surface area contributed by atoms with E-state index in [0.717, 1.165) is 6.92 Å². The van der Waals surface area contributed by atoms with Gasteiger partial charge in [0, 0.05) is 39.5 Å². The van der Waals surface area contributed by atoms with Gasteiger partial charge in [-0.15, -0.1) is 0 Å². The Morgan fingerprint density at radius 1 is 0.344 bits per heavy atom. The van der Waals surface area contributed by atoms with Crippen LogP contribution in [0.1, 0.15) is 39.5 Å². The van der Waals surface area contributed by atoms with Crippen LogP contribution in [0, 0.1) is 0 Å². The third-order valence-corrected chi connectivity index (χ3v) is 22.9. The molecule has 0 bridgehead atoms. The monoisotopic (exact) mass is 1920 g/mol. The smallest absolute Gasteiger partial charge is 0.364 e. The minimum absolute atomic E-state index is 0.674. The molecule has 0 unspecified atom stereocenters. The van der Waals surface area contributed by atoms with Crippen LogP contribution < -0.4 is 26.6 Å². The third kappa shape index (κ3) is 24.2. The Balaban J connectivity index is 1.31. The molecule has 5 amide bonds. The number of ether oxygens (including phenoxy) is 15. The normalized spacial score (nSPS) is 41.8. The van der Waals surface area contributed by atoms with Crippen molar-refractivity contribution in [2.24, 2.45) is 0 Å². The molecule has 8 aliphatic heterocycles. The van der Waals surface area contributed by atoms with Gasteiger partial charge in [-0.05, 0) is 0 Å². The highest BCUT2D eigenvalue weighted by Gasteiger charge is 2.67. The molecule has 44 atom stereocenters. The molecule has 0 radical (unpaired) electrons. The van der Waals surface area contributed by atoms with Crippen LogP contribution in [0.4, 0.5) is 0 Å². The Bertz CT molecular complexity index is 3780. The van der Waals surface area contributed by atoms with Gasteiger partial charge >= 0.3 is 23.9 Å². The minimum Gasteiger partial charge on any atom is -0.477 e. The van der Waals surface area contributed by atoms with Crippen molar-refractivity contribution in [2.75, 3.05) is 72.7 Å². The maximum absolute atomic E-state index is 14.5. The van der Waals surface area contributed by atoms with E-state index in [-0.39, 0.29) is 0 Å². The molecule has 0 aromatic rings. The van der Waals surface area contributed by atoms with Crippen LogP contribution in [0.5, 0.6) is 0 Å². The van der Waals surface area contributed by atoms with Gasteiger partial charge in [-0.3, -0.25) is 24.0 Å². The number of amides is 5. The fraction of sp³-hybridized carbons (Fsp3) is 0.871. The number of aliphatic hydroxyl groups is 28. The lowest BCUT2D eigenvalue weighted by atomic mass is 9.87. The highest BCUT2D eigenvalue weighted by molar-refractivity contribution is 5.81. The molecule has 8 heterocycles. The van der Waals surface area contributed by atoms with E-state index in [0.29, 0.717) is 6.92 Å². The fourth-order valence-corrected chi connectivity index (χ4v) is 16.2. The molecule has 0 saturated carbocycles. The molecule has 131 heavy (non-hydrogen) atoms. The van der Waals surface area contributed by atoms with Crippen LogP contribution in [0.2, 0.25) is 0 Å². The molecule has 0 aromatic heterocycles. The quantitative estimate of drug-likeness (QED) is 0.0270. The van der Waals surface area contributed by atoms with E-state index in [1.165, 1.54) is 0 Å². The molecular formula is C70H113N5O56. The summed E-state index contributed by atoms with van der Waals surface area (Å²) in [7, 11) is 0. The first-order valence-corrected chi connectivity index (χ1v) is 40.1. The Morgan fingerprint density at radius 2 is 0.679 bits per heavy atom. The average Bonchev–Trinajstić information content (AvgIpc) is 0.781. The topological polar surface area (TPSA) is 1000 Å². The first kappa shape index (κ1) is 110. The van der Waals surface area contributed by atoms with Crippen molar-refractivity contribution in [3.63, 3.8) is 0 Å². The summed E-state index contributed by atoms with van der Waals surface area (Å²) in [5, 5.41) is 365. The van der Waals surface area contributed by atoms with Crippen molar-refractivity contribution in [3.05, 3.63) is 0 Å². The Hall–Kier alpha value is -6.49. The van der Waals surface area contributed by atoms with E-state index < -0.39 is 420 Å². The molecule has 0 aliphatic carbocycles. The van der Waals surface area contributed by atoms with Crippen molar-refractivity contribution in [3.8, 4) is 0 Å². The lowest BCUT2D eigenvalue weighted by Gasteiger charge is -2.53. The summed E-state index contributed by atoms with van der Waals surface area (Å²) < 4.78 is 88.0. The zero-order valence-electron chi connectivity index (χ0n) is 68.8. The van der Waals surface area contributed by atoms with Crippen molar-refractivity contribution >= 4 is 53.4 Å². The zero-order chi connectivity index (χ0) is 98.0. The summed E-state index contributed by atoms with van der Waals surface area (Å²) in [4.78, 5) is 120. The van der Waals surface area contributed by atoms with E-state index in [1.54, 1.807) is 0 Å². The largest absolute Gasteiger partial charge is 0.477 e. The van der Waals surface area contributed by atoms with E-state index in [2.05, 4.69) is 10.6 Å². The van der Waals surface area contributed by atoms with Crippen LogP contribution in [-0.2, 0) is 114 Å². The second kappa shape index (κ2) is 46.6. The summed E-state index contributed by atoms with van der Waals surface area (Å²) in [6.45, 7) is -14.7. The van der Waals surface area contributed by atoms with E-state index in [9.17, 15) is 207 Å².